The fourth-order valence-corrected chi connectivity index (χ4v) is 3.73. The second-order valence-electron chi connectivity index (χ2n) is 8.08. The van der Waals surface area contributed by atoms with Gasteiger partial charge in [0.15, 0.2) is 17.5 Å². The van der Waals surface area contributed by atoms with Crippen LogP contribution >= 0.6 is 0 Å². The first-order valence-electron chi connectivity index (χ1n) is 11.2. The molecule has 3 aromatic rings. The van der Waals surface area contributed by atoms with Gasteiger partial charge in [-0.15, -0.1) is 0 Å². The van der Waals surface area contributed by atoms with Gasteiger partial charge in [0.05, 0.1) is 24.2 Å². The highest BCUT2D eigenvalue weighted by Gasteiger charge is 2.30. The minimum Gasteiger partial charge on any atom is -0.439 e. The molecule has 1 aliphatic rings. The van der Waals surface area contributed by atoms with Crippen LogP contribution in [0.15, 0.2) is 64.7 Å². The van der Waals surface area contributed by atoms with E-state index in [0.29, 0.717) is 18.1 Å². The number of anilines is 1. The fourth-order valence-electron chi connectivity index (χ4n) is 3.73. The molecule has 194 valence electrons. The summed E-state index contributed by atoms with van der Waals surface area (Å²) in [4.78, 5) is 21.4. The molecule has 8 nitrogen and oxygen atoms in total. The van der Waals surface area contributed by atoms with Gasteiger partial charge in [-0.05, 0) is 43.3 Å². The number of nitrogens with one attached hydrogen (secondary N) is 2. The maximum atomic E-state index is 15.4. The number of rotatable bonds is 6. The van der Waals surface area contributed by atoms with Crippen molar-refractivity contribution in [1.29, 1.82) is 0 Å². The first kappa shape index (κ1) is 26.0. The van der Waals surface area contributed by atoms with E-state index in [1.165, 1.54) is 34.9 Å². The molecule has 1 aliphatic heterocycles. The van der Waals surface area contributed by atoms with Gasteiger partial charge in [0.25, 0.3) is 0 Å². The second kappa shape index (κ2) is 10.9. The Kier molecular flexibility index (Phi) is 7.69. The Morgan fingerprint density at radius 2 is 2.03 bits per heavy atom. The molecule has 0 unspecified atom stereocenters. The molecule has 0 aliphatic carbocycles. The Bertz CT molecular complexity index is 1410. The van der Waals surface area contributed by atoms with E-state index in [-0.39, 0.29) is 47.8 Å². The average Bonchev–Trinajstić information content (AvgIpc) is 3.03. The number of aromatic nitrogens is 1. The third kappa shape index (κ3) is 6.04. The van der Waals surface area contributed by atoms with Crippen LogP contribution < -0.4 is 15.4 Å². The second-order valence-corrected chi connectivity index (χ2v) is 8.08. The molecule has 4 rings (SSSR count). The fraction of sp³-hybridized carbons (Fsp3) is 0.240. The third-order valence-electron chi connectivity index (χ3n) is 5.39. The Hall–Kier alpha value is -4.03. The molecule has 0 bridgehead atoms. The van der Waals surface area contributed by atoms with E-state index < -0.39 is 23.6 Å². The van der Waals surface area contributed by atoms with Crippen molar-refractivity contribution < 1.29 is 32.2 Å². The Morgan fingerprint density at radius 1 is 1.22 bits per heavy atom. The zero-order chi connectivity index (χ0) is 26.6. The number of carbonyl (C=O) groups excluding carboxylic acids is 1. The van der Waals surface area contributed by atoms with Crippen LogP contribution in [0.2, 0.25) is 0 Å². The standard InChI is InChI=1S/C25H23F4N5O3/c1-15-12-18-19(34(15)24(36)32-17-5-2-4-16(13-17)25(27,28)29)7-8-20(23(18)26)37-22-6-3-9-31-21(33-22)14-30-10-11-35/h2-5,7-9,12-13,30,35H,6,10-11,14H2,1H3,(H,32,36). The Morgan fingerprint density at radius 3 is 2.78 bits per heavy atom. The Labute approximate surface area is 209 Å². The number of amides is 1. The molecule has 0 saturated heterocycles. The van der Waals surface area contributed by atoms with Gasteiger partial charge < -0.3 is 20.5 Å². The highest BCUT2D eigenvalue weighted by Crippen LogP contribution is 2.32. The SMILES string of the molecule is Cc1cc2c(F)c(OC3=NC(CNCCO)=NC=CC3)ccc2n1C(=O)Nc1cccc(C(F)(F)F)c1. The zero-order valence-electron chi connectivity index (χ0n) is 19.6. The molecule has 37 heavy (non-hydrogen) atoms. The number of aliphatic hydroxyl groups excluding tert-OH is 1. The number of nitrogens with zero attached hydrogens (tertiary/aromatic N) is 3. The van der Waals surface area contributed by atoms with E-state index >= 15 is 4.39 Å². The van der Waals surface area contributed by atoms with Crippen molar-refractivity contribution in [2.75, 3.05) is 25.0 Å². The van der Waals surface area contributed by atoms with E-state index in [2.05, 4.69) is 20.6 Å². The first-order chi connectivity index (χ1) is 17.7. The zero-order valence-corrected chi connectivity index (χ0v) is 19.6. The summed E-state index contributed by atoms with van der Waals surface area (Å²) < 4.78 is 61.3. The van der Waals surface area contributed by atoms with Crippen molar-refractivity contribution in [3.05, 3.63) is 71.8 Å². The van der Waals surface area contributed by atoms with Crippen molar-refractivity contribution in [1.82, 2.24) is 9.88 Å². The lowest BCUT2D eigenvalue weighted by molar-refractivity contribution is -0.137. The molecule has 0 radical (unpaired) electrons. The molecule has 0 fully saturated rings. The number of aliphatic hydroxyl groups is 1. The number of ether oxygens (including phenoxy) is 1. The summed E-state index contributed by atoms with van der Waals surface area (Å²) in [5, 5.41) is 14.4. The molecule has 1 aromatic heterocycles. The highest BCUT2D eigenvalue weighted by atomic mass is 19.4. The van der Waals surface area contributed by atoms with Crippen LogP contribution in [0.25, 0.3) is 10.9 Å². The molecule has 2 heterocycles. The maximum absolute atomic E-state index is 15.4. The van der Waals surface area contributed by atoms with Crippen LogP contribution in [0.3, 0.4) is 0 Å². The summed E-state index contributed by atoms with van der Waals surface area (Å²) in [5.41, 5.74) is -0.368. The topological polar surface area (TPSA) is 100 Å². The smallest absolute Gasteiger partial charge is 0.416 e. The van der Waals surface area contributed by atoms with Crippen molar-refractivity contribution in [3.63, 3.8) is 0 Å². The molecule has 0 spiro atoms. The number of benzene rings is 2. The predicted octanol–water partition coefficient (Wildman–Crippen LogP) is 4.86. The van der Waals surface area contributed by atoms with E-state index in [1.807, 2.05) is 0 Å². The molecular weight excluding hydrogens is 494 g/mol. The van der Waals surface area contributed by atoms with E-state index in [9.17, 15) is 18.0 Å². The van der Waals surface area contributed by atoms with Crippen LogP contribution in [0, 0.1) is 12.7 Å². The van der Waals surface area contributed by atoms with Crippen LogP contribution in [0.5, 0.6) is 5.75 Å². The molecule has 0 atom stereocenters. The number of hydrogen-bond donors (Lipinski definition) is 3. The minimum atomic E-state index is -4.56. The lowest BCUT2D eigenvalue weighted by Gasteiger charge is -2.12. The molecular formula is C25H23F4N5O3. The van der Waals surface area contributed by atoms with E-state index in [4.69, 9.17) is 9.84 Å². The number of hydrogen-bond acceptors (Lipinski definition) is 6. The Balaban J connectivity index is 1.58. The third-order valence-corrected chi connectivity index (χ3v) is 5.39. The van der Waals surface area contributed by atoms with Gasteiger partial charge in [0, 0.05) is 35.9 Å². The van der Waals surface area contributed by atoms with Crippen LogP contribution in [0.1, 0.15) is 17.7 Å². The van der Waals surface area contributed by atoms with Gasteiger partial charge in [-0.3, -0.25) is 4.57 Å². The summed E-state index contributed by atoms with van der Waals surface area (Å²) >= 11 is 0. The molecule has 3 N–H and O–H groups in total. The van der Waals surface area contributed by atoms with E-state index in [0.717, 1.165) is 12.1 Å². The molecule has 0 saturated carbocycles. The summed E-state index contributed by atoms with van der Waals surface area (Å²) in [6.45, 7) is 2.17. The monoisotopic (exact) mass is 517 g/mol. The largest absolute Gasteiger partial charge is 0.439 e. The lowest BCUT2D eigenvalue weighted by atomic mass is 10.2. The van der Waals surface area contributed by atoms with E-state index in [1.54, 1.807) is 19.2 Å². The predicted molar refractivity (Wildman–Crippen MR) is 132 cm³/mol. The number of aliphatic imine (C=N–C) groups is 2. The van der Waals surface area contributed by atoms with Crippen LogP contribution in [0.4, 0.5) is 28.0 Å². The number of alkyl halides is 3. The number of halogens is 4. The first-order valence-corrected chi connectivity index (χ1v) is 11.2. The van der Waals surface area contributed by atoms with Crippen LogP contribution in [-0.4, -0.2) is 47.1 Å². The van der Waals surface area contributed by atoms with Gasteiger partial charge in [0.1, 0.15) is 5.84 Å². The van der Waals surface area contributed by atoms with Gasteiger partial charge in [-0.25, -0.2) is 19.2 Å². The number of fused-ring (bicyclic) bond motifs is 1. The van der Waals surface area contributed by atoms with Gasteiger partial charge in [-0.2, -0.15) is 13.2 Å². The summed E-state index contributed by atoms with van der Waals surface area (Å²) in [7, 11) is 0. The van der Waals surface area contributed by atoms with Crippen molar-refractivity contribution >= 4 is 34.4 Å². The lowest BCUT2D eigenvalue weighted by Crippen LogP contribution is -2.25. The van der Waals surface area contributed by atoms with Crippen LogP contribution in [-0.2, 0) is 6.18 Å². The number of carbonyl (C=O) groups is 1. The molecule has 1 amide bonds. The quantitative estimate of drug-likeness (QED) is 0.321. The highest BCUT2D eigenvalue weighted by molar-refractivity contribution is 6.01. The molecule has 12 heteroatoms. The van der Waals surface area contributed by atoms with Gasteiger partial charge >= 0.3 is 12.2 Å². The van der Waals surface area contributed by atoms with Crippen molar-refractivity contribution in [3.8, 4) is 5.75 Å². The van der Waals surface area contributed by atoms with Crippen molar-refractivity contribution in [2.24, 2.45) is 9.98 Å². The average molecular weight is 517 g/mol. The van der Waals surface area contributed by atoms with Gasteiger partial charge in [0.2, 0.25) is 0 Å². The van der Waals surface area contributed by atoms with Crippen molar-refractivity contribution in [2.45, 2.75) is 19.5 Å². The molecule has 2 aromatic carbocycles. The number of aryl methyl sites for hydroxylation is 1. The maximum Gasteiger partial charge on any atom is 0.416 e. The summed E-state index contributed by atoms with van der Waals surface area (Å²) in [6, 6.07) is 7.78. The van der Waals surface area contributed by atoms with Gasteiger partial charge in [-0.1, -0.05) is 12.1 Å². The number of amidine groups is 1. The normalized spacial score (nSPS) is 13.8. The minimum absolute atomic E-state index is 0.0432. The summed E-state index contributed by atoms with van der Waals surface area (Å²) in [5.74, 6) is -0.236. The summed E-state index contributed by atoms with van der Waals surface area (Å²) in [6.07, 6.45) is -1.03.